The minimum absolute atomic E-state index is 0.0413. The van der Waals surface area contributed by atoms with Crippen molar-refractivity contribution in [3.05, 3.63) is 95.3 Å². The standard InChI is InChI=1S/C23H24ClN3O3S/c1-4-14-27(19-8-6-5-7-9-19)31(29,30)22-15-18(11-13-21(22)24)23(28)25-16-20-12-10-17(2)26(20)3/h4-13,15H,1,14,16H2,2-3H3,(H,25,28). The van der Waals surface area contributed by atoms with Crippen molar-refractivity contribution < 1.29 is 13.2 Å². The molecule has 0 saturated carbocycles. The van der Waals surface area contributed by atoms with Gasteiger partial charge in [0, 0.05) is 24.0 Å². The van der Waals surface area contributed by atoms with E-state index in [1.165, 1.54) is 28.6 Å². The Morgan fingerprint density at radius 3 is 2.48 bits per heavy atom. The molecule has 1 amide bonds. The topological polar surface area (TPSA) is 71.4 Å². The summed E-state index contributed by atoms with van der Waals surface area (Å²) in [5, 5.41) is 2.87. The second-order valence-corrected chi connectivity index (χ2v) is 9.25. The van der Waals surface area contributed by atoms with Crippen LogP contribution >= 0.6 is 11.6 Å². The molecule has 1 aromatic heterocycles. The molecule has 0 bridgehead atoms. The Morgan fingerprint density at radius 2 is 1.87 bits per heavy atom. The van der Waals surface area contributed by atoms with Crippen molar-refractivity contribution in [2.45, 2.75) is 18.4 Å². The highest BCUT2D eigenvalue weighted by Crippen LogP contribution is 2.29. The molecule has 31 heavy (non-hydrogen) atoms. The first kappa shape index (κ1) is 22.7. The van der Waals surface area contributed by atoms with Crippen molar-refractivity contribution in [2.75, 3.05) is 10.8 Å². The average molecular weight is 458 g/mol. The lowest BCUT2D eigenvalue weighted by atomic mass is 10.2. The summed E-state index contributed by atoms with van der Waals surface area (Å²) in [7, 11) is -2.11. The zero-order chi connectivity index (χ0) is 22.6. The molecule has 0 aliphatic carbocycles. The van der Waals surface area contributed by atoms with Crippen molar-refractivity contribution >= 4 is 33.2 Å². The average Bonchev–Trinajstić information content (AvgIpc) is 3.08. The monoisotopic (exact) mass is 457 g/mol. The fraction of sp³-hybridized carbons (Fsp3) is 0.174. The number of anilines is 1. The Bertz CT molecular complexity index is 1200. The lowest BCUT2D eigenvalue weighted by Crippen LogP contribution is -2.32. The fourth-order valence-corrected chi connectivity index (χ4v) is 5.07. The molecule has 1 heterocycles. The van der Waals surface area contributed by atoms with Gasteiger partial charge in [-0.2, -0.15) is 0 Å². The van der Waals surface area contributed by atoms with Crippen LogP contribution in [0.2, 0.25) is 5.02 Å². The van der Waals surface area contributed by atoms with Crippen molar-refractivity contribution in [1.29, 1.82) is 0 Å². The zero-order valence-corrected chi connectivity index (χ0v) is 18.9. The van der Waals surface area contributed by atoms with E-state index >= 15 is 0 Å². The summed E-state index contributed by atoms with van der Waals surface area (Å²) >= 11 is 6.25. The number of aryl methyl sites for hydroxylation is 1. The normalized spacial score (nSPS) is 11.2. The summed E-state index contributed by atoms with van der Waals surface area (Å²) in [5.41, 5.74) is 2.70. The maximum atomic E-state index is 13.4. The first-order valence-corrected chi connectivity index (χ1v) is 11.4. The minimum atomic E-state index is -4.03. The third-order valence-electron chi connectivity index (χ3n) is 5.01. The third-order valence-corrected chi connectivity index (χ3v) is 7.28. The van der Waals surface area contributed by atoms with Crippen LogP contribution in [-0.4, -0.2) is 25.4 Å². The molecule has 3 rings (SSSR count). The molecule has 0 aliphatic rings. The number of halogens is 1. The highest BCUT2D eigenvalue weighted by molar-refractivity contribution is 7.93. The van der Waals surface area contributed by atoms with E-state index in [1.54, 1.807) is 30.3 Å². The number of sulfonamides is 1. The molecule has 0 spiro atoms. The number of amides is 1. The van der Waals surface area contributed by atoms with E-state index in [0.717, 1.165) is 11.4 Å². The van der Waals surface area contributed by atoms with Gasteiger partial charge < -0.3 is 9.88 Å². The van der Waals surface area contributed by atoms with Gasteiger partial charge in [0.05, 0.1) is 23.8 Å². The second kappa shape index (κ2) is 9.41. The van der Waals surface area contributed by atoms with Crippen molar-refractivity contribution in [3.63, 3.8) is 0 Å². The predicted octanol–water partition coefficient (Wildman–Crippen LogP) is 4.30. The van der Waals surface area contributed by atoms with Crippen LogP contribution in [0.15, 0.2) is 78.2 Å². The molecule has 0 unspecified atom stereocenters. The highest BCUT2D eigenvalue weighted by Gasteiger charge is 2.27. The molecule has 0 fully saturated rings. The number of para-hydroxylation sites is 1. The molecule has 0 saturated heterocycles. The number of nitrogens with zero attached hydrogens (tertiary/aromatic N) is 2. The summed E-state index contributed by atoms with van der Waals surface area (Å²) in [5.74, 6) is -0.387. The number of carbonyl (C=O) groups is 1. The van der Waals surface area contributed by atoms with Gasteiger partial charge in [0.2, 0.25) is 0 Å². The van der Waals surface area contributed by atoms with Crippen molar-refractivity contribution in [1.82, 2.24) is 9.88 Å². The third kappa shape index (κ3) is 4.84. The van der Waals surface area contributed by atoms with Gasteiger partial charge in [0.25, 0.3) is 15.9 Å². The summed E-state index contributed by atoms with van der Waals surface area (Å²) < 4.78 is 30.0. The van der Waals surface area contributed by atoms with E-state index in [2.05, 4.69) is 11.9 Å². The number of aromatic nitrogens is 1. The smallest absolute Gasteiger partial charge is 0.266 e. The van der Waals surface area contributed by atoms with Gasteiger partial charge in [-0.1, -0.05) is 35.9 Å². The van der Waals surface area contributed by atoms with Crippen LogP contribution in [0.4, 0.5) is 5.69 Å². The van der Waals surface area contributed by atoms with Crippen LogP contribution in [-0.2, 0) is 23.6 Å². The number of rotatable bonds is 8. The molecule has 0 radical (unpaired) electrons. The summed E-state index contributed by atoms with van der Waals surface area (Å²) in [4.78, 5) is 12.6. The lowest BCUT2D eigenvalue weighted by molar-refractivity contribution is 0.0950. The number of carbonyl (C=O) groups excluding carboxylic acids is 1. The largest absolute Gasteiger partial charge is 0.350 e. The molecular weight excluding hydrogens is 434 g/mol. The molecule has 8 heteroatoms. The number of hydrogen-bond acceptors (Lipinski definition) is 3. The van der Waals surface area contributed by atoms with Crippen molar-refractivity contribution in [3.8, 4) is 0 Å². The molecule has 162 valence electrons. The van der Waals surface area contributed by atoms with Crippen LogP contribution in [0.5, 0.6) is 0 Å². The Hall–Kier alpha value is -3.03. The fourth-order valence-electron chi connectivity index (χ4n) is 3.13. The minimum Gasteiger partial charge on any atom is -0.350 e. The van der Waals surface area contributed by atoms with Crippen LogP contribution < -0.4 is 9.62 Å². The van der Waals surface area contributed by atoms with E-state index in [-0.39, 0.29) is 27.9 Å². The van der Waals surface area contributed by atoms with Gasteiger partial charge in [0.15, 0.2) is 0 Å². The van der Waals surface area contributed by atoms with Gasteiger partial charge >= 0.3 is 0 Å². The second-order valence-electron chi connectivity index (χ2n) is 7.01. The van der Waals surface area contributed by atoms with E-state index in [0.29, 0.717) is 12.2 Å². The van der Waals surface area contributed by atoms with Gasteiger partial charge in [-0.15, -0.1) is 6.58 Å². The molecule has 2 aromatic carbocycles. The Kier molecular flexibility index (Phi) is 6.87. The lowest BCUT2D eigenvalue weighted by Gasteiger charge is -2.24. The molecule has 6 nitrogen and oxygen atoms in total. The molecule has 1 N–H and O–H groups in total. The summed E-state index contributed by atoms with van der Waals surface area (Å²) in [6.07, 6.45) is 1.50. The maximum Gasteiger partial charge on any atom is 0.266 e. The first-order valence-electron chi connectivity index (χ1n) is 9.63. The summed E-state index contributed by atoms with van der Waals surface area (Å²) in [6, 6.07) is 16.8. The molecule has 3 aromatic rings. The van der Waals surface area contributed by atoms with Crippen molar-refractivity contribution in [2.24, 2.45) is 7.05 Å². The van der Waals surface area contributed by atoms with E-state index in [4.69, 9.17) is 11.6 Å². The van der Waals surface area contributed by atoms with E-state index in [1.807, 2.05) is 30.7 Å². The SMILES string of the molecule is C=CCN(c1ccccc1)S(=O)(=O)c1cc(C(=O)NCc2ccc(C)n2C)ccc1Cl. The van der Waals surface area contributed by atoms with E-state index in [9.17, 15) is 13.2 Å². The Morgan fingerprint density at radius 1 is 1.16 bits per heavy atom. The number of hydrogen-bond donors (Lipinski definition) is 1. The molecule has 0 aliphatic heterocycles. The Labute approximate surface area is 187 Å². The van der Waals surface area contributed by atoms with E-state index < -0.39 is 10.0 Å². The van der Waals surface area contributed by atoms with Crippen LogP contribution in [0.3, 0.4) is 0 Å². The van der Waals surface area contributed by atoms with Gasteiger partial charge in [-0.05, 0) is 49.4 Å². The van der Waals surface area contributed by atoms with Gasteiger partial charge in [-0.25, -0.2) is 8.42 Å². The van der Waals surface area contributed by atoms with Gasteiger partial charge in [-0.3, -0.25) is 9.10 Å². The quantitative estimate of drug-likeness (QED) is 0.512. The van der Waals surface area contributed by atoms with Gasteiger partial charge in [0.1, 0.15) is 4.90 Å². The summed E-state index contributed by atoms with van der Waals surface area (Å²) in [6.45, 7) is 6.02. The van der Waals surface area contributed by atoms with Crippen LogP contribution in [0, 0.1) is 6.92 Å². The highest BCUT2D eigenvalue weighted by atomic mass is 35.5. The molecule has 0 atom stereocenters. The Balaban J connectivity index is 1.91. The first-order chi connectivity index (χ1) is 14.8. The van der Waals surface area contributed by atoms with Crippen LogP contribution in [0.1, 0.15) is 21.7 Å². The number of benzene rings is 2. The predicted molar refractivity (Wildman–Crippen MR) is 124 cm³/mol. The molecular formula is C23H24ClN3O3S. The van der Waals surface area contributed by atoms with Crippen LogP contribution in [0.25, 0.3) is 0 Å². The number of nitrogens with one attached hydrogen (secondary N) is 1. The zero-order valence-electron chi connectivity index (χ0n) is 17.4. The maximum absolute atomic E-state index is 13.4.